The minimum Gasteiger partial charge on any atom is -0.317 e. The zero-order chi connectivity index (χ0) is 15.5. The number of nitrogens with zero attached hydrogens (tertiary/aromatic N) is 3. The summed E-state index contributed by atoms with van der Waals surface area (Å²) in [6, 6.07) is 0.0582. The first kappa shape index (κ1) is 17.1. The van der Waals surface area contributed by atoms with Crippen LogP contribution in [0.1, 0.15) is 26.7 Å². The fraction of sp³-hybridized carbons (Fsp3) is 1.00. The predicted octanol–water partition coefficient (Wildman–Crippen LogP) is 0.189. The average Bonchev–Trinajstić information content (AvgIpc) is 2.45. The van der Waals surface area contributed by atoms with E-state index in [2.05, 4.69) is 17.1 Å². The molecular weight excluding hydrogens is 288 g/mol. The van der Waals surface area contributed by atoms with Crippen LogP contribution < -0.4 is 5.32 Å². The summed E-state index contributed by atoms with van der Waals surface area (Å²) in [5, 5.41) is 3.34. The van der Waals surface area contributed by atoms with E-state index in [1.54, 1.807) is 8.61 Å². The zero-order valence-corrected chi connectivity index (χ0v) is 14.4. The lowest BCUT2D eigenvalue weighted by atomic mass is 10.00. The molecule has 2 unspecified atom stereocenters. The Kier molecular flexibility index (Phi) is 6.02. The molecular formula is C14H30N4O2S. The molecule has 2 aliphatic rings. The summed E-state index contributed by atoms with van der Waals surface area (Å²) in [6.07, 6.45) is 2.09. The average molecular weight is 318 g/mol. The molecule has 1 N–H and O–H groups in total. The second-order valence-corrected chi connectivity index (χ2v) is 8.28. The van der Waals surface area contributed by atoms with Crippen molar-refractivity contribution in [3.63, 3.8) is 0 Å². The van der Waals surface area contributed by atoms with Crippen molar-refractivity contribution in [1.29, 1.82) is 0 Å². The third-order valence-electron chi connectivity index (χ3n) is 4.56. The zero-order valence-electron chi connectivity index (χ0n) is 13.6. The normalized spacial score (nSPS) is 30.6. The Hall–Kier alpha value is -0.210. The van der Waals surface area contributed by atoms with Crippen molar-refractivity contribution in [3.8, 4) is 0 Å². The van der Waals surface area contributed by atoms with Gasteiger partial charge in [-0.3, -0.25) is 0 Å². The van der Waals surface area contributed by atoms with Crippen molar-refractivity contribution in [2.45, 2.75) is 32.7 Å². The molecule has 6 nitrogen and oxygen atoms in total. The maximum atomic E-state index is 12.9. The number of piperidine rings is 1. The fourth-order valence-corrected chi connectivity index (χ4v) is 5.26. The molecule has 21 heavy (non-hydrogen) atoms. The van der Waals surface area contributed by atoms with Crippen LogP contribution in [0.4, 0.5) is 0 Å². The first-order chi connectivity index (χ1) is 9.95. The van der Waals surface area contributed by atoms with E-state index in [0.717, 1.165) is 39.0 Å². The molecule has 0 radical (unpaired) electrons. The molecule has 2 heterocycles. The van der Waals surface area contributed by atoms with Gasteiger partial charge >= 0.3 is 0 Å². The van der Waals surface area contributed by atoms with E-state index in [9.17, 15) is 8.42 Å². The lowest BCUT2D eigenvalue weighted by Gasteiger charge is -2.41. The largest absolute Gasteiger partial charge is 0.317 e. The van der Waals surface area contributed by atoms with E-state index in [1.807, 2.05) is 14.0 Å². The van der Waals surface area contributed by atoms with Crippen LogP contribution in [-0.2, 0) is 10.2 Å². The molecule has 7 heteroatoms. The van der Waals surface area contributed by atoms with Gasteiger partial charge in [0.25, 0.3) is 10.2 Å². The molecule has 0 aromatic carbocycles. The van der Waals surface area contributed by atoms with Crippen molar-refractivity contribution < 1.29 is 8.42 Å². The highest BCUT2D eigenvalue weighted by Gasteiger charge is 2.37. The number of rotatable bonds is 5. The van der Waals surface area contributed by atoms with Crippen LogP contribution in [0.3, 0.4) is 0 Å². The Balaban J connectivity index is 2.01. The third-order valence-corrected chi connectivity index (χ3v) is 6.68. The van der Waals surface area contributed by atoms with Crippen molar-refractivity contribution in [3.05, 3.63) is 0 Å². The van der Waals surface area contributed by atoms with Crippen LogP contribution in [0.15, 0.2) is 0 Å². The lowest BCUT2D eigenvalue weighted by Crippen LogP contribution is -2.58. The van der Waals surface area contributed by atoms with E-state index >= 15 is 0 Å². The van der Waals surface area contributed by atoms with E-state index in [0.29, 0.717) is 25.6 Å². The highest BCUT2D eigenvalue weighted by molar-refractivity contribution is 7.86. The van der Waals surface area contributed by atoms with Gasteiger partial charge < -0.3 is 10.2 Å². The summed E-state index contributed by atoms with van der Waals surface area (Å²) in [6.45, 7) is 9.52. The minimum absolute atomic E-state index is 0.0582. The minimum atomic E-state index is -3.30. The molecule has 0 saturated carbocycles. The van der Waals surface area contributed by atoms with Crippen LogP contribution in [-0.4, -0.2) is 80.8 Å². The van der Waals surface area contributed by atoms with Crippen LogP contribution in [0.5, 0.6) is 0 Å². The molecule has 0 aromatic rings. The summed E-state index contributed by atoms with van der Waals surface area (Å²) < 4.78 is 29.2. The molecule has 2 atom stereocenters. The third kappa shape index (κ3) is 4.16. The van der Waals surface area contributed by atoms with E-state index in [-0.39, 0.29) is 6.04 Å². The highest BCUT2D eigenvalue weighted by Crippen LogP contribution is 2.23. The molecule has 2 rings (SSSR count). The Morgan fingerprint density at radius 2 is 1.95 bits per heavy atom. The molecule has 0 bridgehead atoms. The number of piperazine rings is 1. The second-order valence-electron chi connectivity index (χ2n) is 6.40. The van der Waals surface area contributed by atoms with Gasteiger partial charge in [0.05, 0.1) is 0 Å². The van der Waals surface area contributed by atoms with Crippen LogP contribution in [0.25, 0.3) is 0 Å². The molecule has 2 aliphatic heterocycles. The maximum absolute atomic E-state index is 12.9. The first-order valence-electron chi connectivity index (χ1n) is 8.11. The quantitative estimate of drug-likeness (QED) is 0.786. The molecule has 0 aliphatic carbocycles. The molecule has 124 valence electrons. The van der Waals surface area contributed by atoms with E-state index in [1.165, 1.54) is 0 Å². The van der Waals surface area contributed by atoms with Crippen LogP contribution >= 0.6 is 0 Å². The van der Waals surface area contributed by atoms with Crippen LogP contribution in [0, 0.1) is 5.92 Å². The first-order valence-corrected chi connectivity index (χ1v) is 9.51. The molecule has 0 spiro atoms. The lowest BCUT2D eigenvalue weighted by molar-refractivity contribution is 0.155. The number of hydrogen-bond acceptors (Lipinski definition) is 4. The van der Waals surface area contributed by atoms with Gasteiger partial charge in [0.1, 0.15) is 0 Å². The van der Waals surface area contributed by atoms with Crippen LogP contribution in [0.2, 0.25) is 0 Å². The van der Waals surface area contributed by atoms with Crippen molar-refractivity contribution >= 4 is 10.2 Å². The van der Waals surface area contributed by atoms with Gasteiger partial charge in [-0.25, -0.2) is 0 Å². The number of hydrogen-bond donors (Lipinski definition) is 1. The SMILES string of the molecule is CCNCC1CCCN(S(=O)(=O)N2CCN(C)CC2C)C1. The second kappa shape index (κ2) is 7.37. The maximum Gasteiger partial charge on any atom is 0.282 e. The molecule has 0 amide bonds. The van der Waals surface area contributed by atoms with Crippen molar-refractivity contribution in [2.75, 3.05) is 52.9 Å². The molecule has 2 fully saturated rings. The van der Waals surface area contributed by atoms with Gasteiger partial charge in [0.2, 0.25) is 0 Å². The van der Waals surface area contributed by atoms with Gasteiger partial charge in [-0.05, 0) is 45.8 Å². The summed E-state index contributed by atoms with van der Waals surface area (Å²) in [4.78, 5) is 2.20. The van der Waals surface area contributed by atoms with Gasteiger partial charge in [0, 0.05) is 38.8 Å². The fourth-order valence-electron chi connectivity index (χ4n) is 3.37. The van der Waals surface area contributed by atoms with E-state index in [4.69, 9.17) is 0 Å². The summed E-state index contributed by atoms with van der Waals surface area (Å²) in [7, 11) is -1.25. The van der Waals surface area contributed by atoms with Gasteiger partial charge in [-0.2, -0.15) is 17.0 Å². The smallest absolute Gasteiger partial charge is 0.282 e. The standard InChI is InChI=1S/C14H30N4O2S/c1-4-15-10-14-6-5-7-17(12-14)21(19,20)18-9-8-16(3)11-13(18)2/h13-15H,4-12H2,1-3H3. The monoisotopic (exact) mass is 318 g/mol. The van der Waals surface area contributed by atoms with Crippen molar-refractivity contribution in [2.24, 2.45) is 5.92 Å². The van der Waals surface area contributed by atoms with E-state index < -0.39 is 10.2 Å². The van der Waals surface area contributed by atoms with Gasteiger partial charge in [-0.1, -0.05) is 6.92 Å². The van der Waals surface area contributed by atoms with Gasteiger partial charge in [0.15, 0.2) is 0 Å². The predicted molar refractivity (Wildman–Crippen MR) is 85.4 cm³/mol. The number of likely N-dealkylation sites (N-methyl/N-ethyl adjacent to an activating group) is 1. The Labute approximate surface area is 129 Å². The Bertz CT molecular complexity index is 429. The highest BCUT2D eigenvalue weighted by atomic mass is 32.2. The molecule has 0 aromatic heterocycles. The summed E-state index contributed by atoms with van der Waals surface area (Å²) in [5.74, 6) is 0.441. The topological polar surface area (TPSA) is 55.9 Å². The van der Waals surface area contributed by atoms with Gasteiger partial charge in [-0.15, -0.1) is 0 Å². The van der Waals surface area contributed by atoms with Crippen molar-refractivity contribution in [1.82, 2.24) is 18.8 Å². The Morgan fingerprint density at radius 1 is 1.19 bits per heavy atom. The summed E-state index contributed by atoms with van der Waals surface area (Å²) >= 11 is 0. The number of nitrogens with one attached hydrogen (secondary N) is 1. The molecule has 2 saturated heterocycles. The summed E-state index contributed by atoms with van der Waals surface area (Å²) in [5.41, 5.74) is 0. The Morgan fingerprint density at radius 3 is 2.62 bits per heavy atom.